The topological polar surface area (TPSA) is 12.0 Å². The number of hydrogen-bond donors (Lipinski definition) is 1. The molecule has 84 valence electrons. The van der Waals surface area contributed by atoms with E-state index in [1.165, 1.54) is 25.9 Å². The zero-order valence-electron chi connectivity index (χ0n) is 9.59. The molecular weight excluding hydrogens is 206 g/mol. The third-order valence-electron chi connectivity index (χ3n) is 2.70. The predicted molar refractivity (Wildman–Crippen MR) is 67.5 cm³/mol. The Morgan fingerprint density at radius 1 is 1.20 bits per heavy atom. The first-order valence-corrected chi connectivity index (χ1v) is 6.00. The first-order valence-electron chi connectivity index (χ1n) is 5.62. The Labute approximate surface area is 97.8 Å². The molecule has 1 aromatic rings. The van der Waals surface area contributed by atoms with E-state index < -0.39 is 0 Å². The average molecular weight is 226 g/mol. The summed E-state index contributed by atoms with van der Waals surface area (Å²) in [6.07, 6.45) is 2.75. The van der Waals surface area contributed by atoms with E-state index in [-0.39, 0.29) is 0 Å². The van der Waals surface area contributed by atoms with E-state index in [1.54, 1.807) is 0 Å². The molecule has 1 saturated heterocycles. The van der Waals surface area contributed by atoms with Crippen LogP contribution >= 0.6 is 11.6 Å². The highest BCUT2D eigenvalue weighted by Crippen LogP contribution is 2.11. The Morgan fingerprint density at radius 2 is 1.80 bits per heavy atom. The molecule has 0 aromatic heterocycles. The van der Waals surface area contributed by atoms with E-state index in [9.17, 15) is 0 Å². The summed E-state index contributed by atoms with van der Waals surface area (Å²) in [6.45, 7) is 6.78. The van der Waals surface area contributed by atoms with Crippen molar-refractivity contribution in [2.75, 3.05) is 13.1 Å². The molecule has 1 aromatic carbocycles. The van der Waals surface area contributed by atoms with Crippen LogP contribution in [0.2, 0.25) is 5.02 Å². The Hall–Kier alpha value is -0.530. The SMILES string of the molecule is CC1CCNCC1.Cc1ccccc1Cl. The van der Waals surface area contributed by atoms with Crippen molar-refractivity contribution in [2.24, 2.45) is 5.92 Å². The molecule has 1 N–H and O–H groups in total. The second-order valence-electron chi connectivity index (χ2n) is 4.18. The van der Waals surface area contributed by atoms with Crippen molar-refractivity contribution in [1.82, 2.24) is 5.32 Å². The molecule has 1 nitrogen and oxygen atoms in total. The molecule has 1 aliphatic heterocycles. The van der Waals surface area contributed by atoms with Gasteiger partial charge in [0, 0.05) is 5.02 Å². The van der Waals surface area contributed by atoms with Gasteiger partial charge in [0.25, 0.3) is 0 Å². The molecule has 0 spiro atoms. The lowest BCUT2D eigenvalue weighted by molar-refractivity contribution is 0.402. The van der Waals surface area contributed by atoms with Crippen molar-refractivity contribution in [3.63, 3.8) is 0 Å². The molecular formula is C13H20ClN. The second kappa shape index (κ2) is 6.86. The van der Waals surface area contributed by atoms with E-state index in [2.05, 4.69) is 12.2 Å². The summed E-state index contributed by atoms with van der Waals surface area (Å²) in [7, 11) is 0. The van der Waals surface area contributed by atoms with E-state index in [0.717, 1.165) is 16.5 Å². The van der Waals surface area contributed by atoms with Gasteiger partial charge in [-0.3, -0.25) is 0 Å². The minimum Gasteiger partial charge on any atom is -0.317 e. The van der Waals surface area contributed by atoms with Crippen LogP contribution in [0.3, 0.4) is 0 Å². The van der Waals surface area contributed by atoms with E-state index in [1.807, 2.05) is 31.2 Å². The van der Waals surface area contributed by atoms with Crippen molar-refractivity contribution >= 4 is 11.6 Å². The van der Waals surface area contributed by atoms with Crippen LogP contribution in [0.15, 0.2) is 24.3 Å². The number of piperidine rings is 1. The summed E-state index contributed by atoms with van der Waals surface area (Å²) in [4.78, 5) is 0. The van der Waals surface area contributed by atoms with Gasteiger partial charge in [-0.15, -0.1) is 0 Å². The third-order valence-corrected chi connectivity index (χ3v) is 3.13. The van der Waals surface area contributed by atoms with Crippen LogP contribution in [0, 0.1) is 12.8 Å². The normalized spacial score (nSPS) is 16.7. The first-order chi connectivity index (χ1) is 7.20. The zero-order chi connectivity index (χ0) is 11.1. The minimum atomic E-state index is 0.840. The third kappa shape index (κ3) is 5.19. The van der Waals surface area contributed by atoms with Gasteiger partial charge in [-0.05, 0) is 50.4 Å². The van der Waals surface area contributed by atoms with Crippen LogP contribution in [0.25, 0.3) is 0 Å². The molecule has 0 atom stereocenters. The van der Waals surface area contributed by atoms with Crippen LogP contribution in [-0.4, -0.2) is 13.1 Å². The molecule has 0 aliphatic carbocycles. The summed E-state index contributed by atoms with van der Waals surface area (Å²) in [5.41, 5.74) is 1.13. The standard InChI is InChI=1S/C7H7Cl.C6H13N/c1-6-4-2-3-5-7(6)8;1-6-2-4-7-5-3-6/h2-5H,1H3;6-7H,2-5H2,1H3. The quantitative estimate of drug-likeness (QED) is 0.711. The average Bonchev–Trinajstić information content (AvgIpc) is 2.25. The molecule has 0 radical (unpaired) electrons. The van der Waals surface area contributed by atoms with Gasteiger partial charge in [-0.1, -0.05) is 36.7 Å². The van der Waals surface area contributed by atoms with Crippen molar-refractivity contribution in [2.45, 2.75) is 26.7 Å². The second-order valence-corrected chi connectivity index (χ2v) is 4.59. The Bertz CT molecular complexity index is 259. The highest BCUT2D eigenvalue weighted by molar-refractivity contribution is 6.31. The molecule has 0 unspecified atom stereocenters. The van der Waals surface area contributed by atoms with E-state index in [4.69, 9.17) is 11.6 Å². The van der Waals surface area contributed by atoms with Gasteiger partial charge in [-0.25, -0.2) is 0 Å². The number of nitrogens with one attached hydrogen (secondary N) is 1. The van der Waals surface area contributed by atoms with Crippen molar-refractivity contribution < 1.29 is 0 Å². The molecule has 1 heterocycles. The fourth-order valence-electron chi connectivity index (χ4n) is 1.52. The molecule has 2 heteroatoms. The van der Waals surface area contributed by atoms with Crippen LogP contribution in [-0.2, 0) is 0 Å². The number of hydrogen-bond acceptors (Lipinski definition) is 1. The number of halogens is 1. The van der Waals surface area contributed by atoms with E-state index >= 15 is 0 Å². The Morgan fingerprint density at radius 3 is 2.13 bits per heavy atom. The van der Waals surface area contributed by atoms with Gasteiger partial charge < -0.3 is 5.32 Å². The summed E-state index contributed by atoms with van der Waals surface area (Å²) in [5.74, 6) is 0.973. The predicted octanol–water partition coefficient (Wildman–Crippen LogP) is 3.65. The van der Waals surface area contributed by atoms with Gasteiger partial charge in [0.2, 0.25) is 0 Å². The fourth-order valence-corrected chi connectivity index (χ4v) is 1.65. The maximum absolute atomic E-state index is 5.71. The summed E-state index contributed by atoms with van der Waals surface area (Å²) < 4.78 is 0. The van der Waals surface area contributed by atoms with Gasteiger partial charge in [0.15, 0.2) is 0 Å². The van der Waals surface area contributed by atoms with Crippen LogP contribution in [0.4, 0.5) is 0 Å². The molecule has 1 aliphatic rings. The van der Waals surface area contributed by atoms with Crippen LogP contribution in [0.5, 0.6) is 0 Å². The number of rotatable bonds is 0. The Kier molecular flexibility index (Phi) is 5.74. The molecule has 0 amide bonds. The largest absolute Gasteiger partial charge is 0.317 e. The first kappa shape index (κ1) is 12.5. The molecule has 2 rings (SSSR count). The van der Waals surface area contributed by atoms with Crippen molar-refractivity contribution in [3.8, 4) is 0 Å². The van der Waals surface area contributed by atoms with Gasteiger partial charge in [0.1, 0.15) is 0 Å². The smallest absolute Gasteiger partial charge is 0.0435 e. The summed E-state index contributed by atoms with van der Waals surface area (Å²) >= 11 is 5.71. The summed E-state index contributed by atoms with van der Waals surface area (Å²) in [5, 5.41) is 4.16. The maximum Gasteiger partial charge on any atom is 0.0435 e. The van der Waals surface area contributed by atoms with Gasteiger partial charge in [0.05, 0.1) is 0 Å². The highest BCUT2D eigenvalue weighted by Gasteiger charge is 2.04. The highest BCUT2D eigenvalue weighted by atomic mass is 35.5. The Balaban J connectivity index is 0.000000151. The number of benzene rings is 1. The van der Waals surface area contributed by atoms with Gasteiger partial charge >= 0.3 is 0 Å². The maximum atomic E-state index is 5.71. The van der Waals surface area contributed by atoms with Crippen molar-refractivity contribution in [1.29, 1.82) is 0 Å². The fraction of sp³-hybridized carbons (Fsp3) is 0.538. The van der Waals surface area contributed by atoms with Crippen LogP contribution in [0.1, 0.15) is 25.3 Å². The summed E-state index contributed by atoms with van der Waals surface area (Å²) in [6, 6.07) is 7.77. The number of aryl methyl sites for hydroxylation is 1. The monoisotopic (exact) mass is 225 g/mol. The zero-order valence-corrected chi connectivity index (χ0v) is 10.3. The van der Waals surface area contributed by atoms with E-state index in [0.29, 0.717) is 0 Å². The molecule has 0 saturated carbocycles. The molecule has 0 bridgehead atoms. The minimum absolute atomic E-state index is 0.840. The van der Waals surface area contributed by atoms with Crippen molar-refractivity contribution in [3.05, 3.63) is 34.9 Å². The van der Waals surface area contributed by atoms with Gasteiger partial charge in [-0.2, -0.15) is 0 Å². The lowest BCUT2D eigenvalue weighted by Gasteiger charge is -2.17. The van der Waals surface area contributed by atoms with Crippen LogP contribution < -0.4 is 5.32 Å². The molecule has 1 fully saturated rings. The molecule has 15 heavy (non-hydrogen) atoms. The lowest BCUT2D eigenvalue weighted by atomic mass is 10.0. The lowest BCUT2D eigenvalue weighted by Crippen LogP contribution is -2.26.